The van der Waals surface area contributed by atoms with Crippen LogP contribution >= 0.6 is 35.0 Å². The van der Waals surface area contributed by atoms with E-state index in [0.717, 1.165) is 4.90 Å². The predicted octanol–water partition coefficient (Wildman–Crippen LogP) is 4.38. The molecule has 0 aromatic heterocycles. The van der Waals surface area contributed by atoms with Crippen LogP contribution in [0.5, 0.6) is 11.5 Å². The summed E-state index contributed by atoms with van der Waals surface area (Å²) in [6.45, 7) is -0.452. The fraction of sp³-hybridized carbons (Fsp3) is 0.105. The zero-order valence-corrected chi connectivity index (χ0v) is 17.3. The first-order valence-electron chi connectivity index (χ1n) is 8.16. The smallest absolute Gasteiger partial charge is 0.294 e. The summed E-state index contributed by atoms with van der Waals surface area (Å²) in [5.41, 5.74) is 0.836. The molecule has 0 aliphatic carbocycles. The van der Waals surface area contributed by atoms with Crippen LogP contribution in [-0.2, 0) is 9.59 Å². The van der Waals surface area contributed by atoms with Gasteiger partial charge in [-0.1, -0.05) is 35.3 Å². The summed E-state index contributed by atoms with van der Waals surface area (Å²) in [7, 11) is 1.36. The molecule has 150 valence electrons. The first-order valence-corrected chi connectivity index (χ1v) is 9.73. The molecule has 2 N–H and O–H groups in total. The number of ether oxygens (including phenoxy) is 1. The fourth-order valence-corrected chi connectivity index (χ4v) is 3.76. The Morgan fingerprint density at radius 1 is 1.24 bits per heavy atom. The molecular formula is C19H14Cl2N2O5S. The number of nitrogens with zero attached hydrogens (tertiary/aromatic N) is 1. The molecule has 0 bridgehead atoms. The number of hydrogen-bond acceptors (Lipinski definition) is 6. The number of rotatable bonds is 5. The van der Waals surface area contributed by atoms with E-state index in [-0.39, 0.29) is 21.4 Å². The summed E-state index contributed by atoms with van der Waals surface area (Å²) in [4.78, 5) is 38.0. The van der Waals surface area contributed by atoms with Gasteiger partial charge in [-0.15, -0.1) is 0 Å². The zero-order valence-electron chi connectivity index (χ0n) is 14.9. The number of halogens is 2. The van der Waals surface area contributed by atoms with E-state index in [4.69, 9.17) is 27.9 Å². The van der Waals surface area contributed by atoms with Crippen LogP contribution in [0.2, 0.25) is 10.0 Å². The van der Waals surface area contributed by atoms with Crippen molar-refractivity contribution in [2.75, 3.05) is 19.0 Å². The normalized spacial score (nSPS) is 15.1. The predicted molar refractivity (Wildman–Crippen MR) is 112 cm³/mol. The van der Waals surface area contributed by atoms with Crippen LogP contribution in [0.25, 0.3) is 6.08 Å². The number of hydrogen-bond donors (Lipinski definition) is 2. The van der Waals surface area contributed by atoms with Crippen molar-refractivity contribution in [3.05, 3.63) is 56.9 Å². The molecule has 7 nitrogen and oxygen atoms in total. The fourth-order valence-electron chi connectivity index (χ4n) is 2.52. The van der Waals surface area contributed by atoms with Crippen LogP contribution in [0, 0.1) is 0 Å². The highest BCUT2D eigenvalue weighted by atomic mass is 35.5. The molecule has 2 aromatic rings. The van der Waals surface area contributed by atoms with Crippen LogP contribution < -0.4 is 10.1 Å². The number of aromatic hydroxyl groups is 1. The summed E-state index contributed by atoms with van der Waals surface area (Å²) in [5.74, 6) is -1.27. The molecule has 29 heavy (non-hydrogen) atoms. The van der Waals surface area contributed by atoms with E-state index in [2.05, 4.69) is 5.32 Å². The van der Waals surface area contributed by atoms with Gasteiger partial charge >= 0.3 is 0 Å². The number of anilines is 1. The van der Waals surface area contributed by atoms with Gasteiger partial charge in [0.2, 0.25) is 5.91 Å². The Morgan fingerprint density at radius 3 is 2.66 bits per heavy atom. The molecule has 3 amide bonds. The van der Waals surface area contributed by atoms with E-state index in [1.807, 2.05) is 0 Å². The number of para-hydroxylation sites is 1. The average Bonchev–Trinajstić information content (AvgIpc) is 2.93. The lowest BCUT2D eigenvalue weighted by molar-refractivity contribution is -0.127. The van der Waals surface area contributed by atoms with Crippen molar-refractivity contribution in [1.82, 2.24) is 4.90 Å². The number of imide groups is 1. The summed E-state index contributed by atoms with van der Waals surface area (Å²) < 4.78 is 5.02. The molecule has 1 saturated heterocycles. The summed E-state index contributed by atoms with van der Waals surface area (Å²) in [5, 5.41) is 12.2. The van der Waals surface area contributed by atoms with Gasteiger partial charge in [-0.05, 0) is 47.7 Å². The second-order valence-corrected chi connectivity index (χ2v) is 7.66. The third kappa shape index (κ3) is 4.67. The molecule has 1 fully saturated rings. The summed E-state index contributed by atoms with van der Waals surface area (Å²) in [6.07, 6.45) is 1.44. The summed E-state index contributed by atoms with van der Waals surface area (Å²) >= 11 is 12.6. The third-order valence-corrected chi connectivity index (χ3v) is 5.42. The van der Waals surface area contributed by atoms with Crippen LogP contribution in [0.1, 0.15) is 5.56 Å². The SMILES string of the molecule is COc1cc(/C=C2/SC(=O)N(CC(=O)Nc3ccccc3Cl)C2=O)cc(Cl)c1O. The summed E-state index contributed by atoms with van der Waals surface area (Å²) in [6, 6.07) is 9.52. The molecular weight excluding hydrogens is 439 g/mol. The lowest BCUT2D eigenvalue weighted by Crippen LogP contribution is -2.36. The maximum absolute atomic E-state index is 12.6. The Balaban J connectivity index is 1.76. The first-order chi connectivity index (χ1) is 13.8. The van der Waals surface area contributed by atoms with Crippen LogP contribution in [-0.4, -0.2) is 40.7 Å². The van der Waals surface area contributed by atoms with Gasteiger partial charge in [0.15, 0.2) is 11.5 Å². The number of carbonyl (C=O) groups excluding carboxylic acids is 3. The number of phenols is 1. The monoisotopic (exact) mass is 452 g/mol. The van der Waals surface area contributed by atoms with Gasteiger partial charge in [-0.2, -0.15) is 0 Å². The Hall–Kier alpha value is -2.68. The van der Waals surface area contributed by atoms with E-state index < -0.39 is 23.6 Å². The second-order valence-electron chi connectivity index (χ2n) is 5.85. The molecule has 1 aliphatic heterocycles. The van der Waals surface area contributed by atoms with Crippen molar-refractivity contribution >= 4 is 63.8 Å². The zero-order chi connectivity index (χ0) is 21.1. The molecule has 0 saturated carbocycles. The van der Waals surface area contributed by atoms with Gasteiger partial charge in [-0.25, -0.2) is 0 Å². The van der Waals surface area contributed by atoms with Crippen LogP contribution in [0.15, 0.2) is 41.3 Å². The second kappa shape index (κ2) is 8.77. The minimum absolute atomic E-state index is 0.0361. The maximum atomic E-state index is 12.6. The standard InChI is InChI=1S/C19H14Cl2N2O5S/c1-28-14-7-10(6-12(21)17(14)25)8-15-18(26)23(19(27)29-15)9-16(24)22-13-5-3-2-4-11(13)20/h2-8,25H,9H2,1H3,(H,22,24)/b15-8+. The van der Waals surface area contributed by atoms with Crippen molar-refractivity contribution < 1.29 is 24.2 Å². The minimum Gasteiger partial charge on any atom is -0.503 e. The lowest BCUT2D eigenvalue weighted by Gasteiger charge is -2.13. The number of methoxy groups -OCH3 is 1. The molecule has 1 heterocycles. The van der Waals surface area contributed by atoms with Crippen molar-refractivity contribution in [2.45, 2.75) is 0 Å². The van der Waals surface area contributed by atoms with Crippen molar-refractivity contribution in [3.8, 4) is 11.5 Å². The van der Waals surface area contributed by atoms with Crippen LogP contribution in [0.3, 0.4) is 0 Å². The molecule has 0 atom stereocenters. The molecule has 0 unspecified atom stereocenters. The average molecular weight is 453 g/mol. The van der Waals surface area contributed by atoms with Gasteiger partial charge in [0.1, 0.15) is 6.54 Å². The van der Waals surface area contributed by atoms with Gasteiger partial charge in [0.25, 0.3) is 11.1 Å². The van der Waals surface area contributed by atoms with E-state index >= 15 is 0 Å². The number of carbonyl (C=O) groups is 3. The highest BCUT2D eigenvalue weighted by molar-refractivity contribution is 8.18. The lowest BCUT2D eigenvalue weighted by atomic mass is 10.2. The number of benzene rings is 2. The first kappa shape index (κ1) is 21.0. The minimum atomic E-state index is -0.613. The van der Waals surface area contributed by atoms with Gasteiger partial charge < -0.3 is 15.2 Å². The third-order valence-electron chi connectivity index (χ3n) is 3.89. The highest BCUT2D eigenvalue weighted by Gasteiger charge is 2.36. The number of amides is 3. The number of phenolic OH excluding ortho intramolecular Hbond substituents is 1. The number of thioether (sulfide) groups is 1. The molecule has 3 rings (SSSR count). The Kier molecular flexibility index (Phi) is 6.36. The van der Waals surface area contributed by atoms with E-state index in [9.17, 15) is 19.5 Å². The van der Waals surface area contributed by atoms with E-state index in [1.165, 1.54) is 25.3 Å². The number of nitrogens with one attached hydrogen (secondary N) is 1. The Morgan fingerprint density at radius 2 is 1.97 bits per heavy atom. The molecule has 0 radical (unpaired) electrons. The topological polar surface area (TPSA) is 95.9 Å². The van der Waals surface area contributed by atoms with Gasteiger partial charge in [-0.3, -0.25) is 19.3 Å². The Labute approximate surface area is 180 Å². The van der Waals surface area contributed by atoms with E-state index in [1.54, 1.807) is 24.3 Å². The molecule has 10 heteroatoms. The van der Waals surface area contributed by atoms with Gasteiger partial charge in [0.05, 0.1) is 27.7 Å². The largest absolute Gasteiger partial charge is 0.503 e. The van der Waals surface area contributed by atoms with Crippen molar-refractivity contribution in [1.29, 1.82) is 0 Å². The molecule has 0 spiro atoms. The van der Waals surface area contributed by atoms with Crippen molar-refractivity contribution in [3.63, 3.8) is 0 Å². The molecule has 2 aromatic carbocycles. The molecule has 1 aliphatic rings. The highest BCUT2D eigenvalue weighted by Crippen LogP contribution is 2.38. The quantitative estimate of drug-likeness (QED) is 0.653. The van der Waals surface area contributed by atoms with Crippen LogP contribution in [0.4, 0.5) is 10.5 Å². The van der Waals surface area contributed by atoms with Gasteiger partial charge in [0, 0.05) is 0 Å². The maximum Gasteiger partial charge on any atom is 0.294 e. The van der Waals surface area contributed by atoms with Crippen molar-refractivity contribution in [2.24, 2.45) is 0 Å². The Bertz CT molecular complexity index is 1040. The van der Waals surface area contributed by atoms with E-state index in [0.29, 0.717) is 28.0 Å².